The zero-order valence-corrected chi connectivity index (χ0v) is 60.7. The molecular formula is C104H80N2. The van der Waals surface area contributed by atoms with Gasteiger partial charge in [-0.2, -0.15) is 0 Å². The van der Waals surface area contributed by atoms with Crippen LogP contribution in [0.3, 0.4) is 0 Å². The van der Waals surface area contributed by atoms with Crippen molar-refractivity contribution in [1.29, 1.82) is 0 Å². The number of nitrogens with zero attached hydrogens (tertiary/aromatic N) is 2. The van der Waals surface area contributed by atoms with Gasteiger partial charge in [0.2, 0.25) is 0 Å². The van der Waals surface area contributed by atoms with Crippen molar-refractivity contribution in [2.75, 3.05) is 9.80 Å². The molecule has 0 aliphatic rings. The van der Waals surface area contributed by atoms with Crippen LogP contribution in [-0.2, 0) is 10.8 Å². The van der Waals surface area contributed by atoms with E-state index >= 15 is 0 Å². The molecule has 0 aliphatic carbocycles. The molecule has 106 heavy (non-hydrogen) atoms. The van der Waals surface area contributed by atoms with Crippen LogP contribution < -0.4 is 9.80 Å². The SMILES string of the molecule is CC(C)(C)c1ccc(N(c2ccccc2)c2ccc3c(c2)c2ccccc2c2c4ccc(N(c5ccccc5)c5ccc(C(C)(C)C)cc5)cc4c4ccccc4c32)cc1.c1ccc(-c2c3ccccc3c(-c3ccc(-c4c5ccccc5c(-c5ccccc5)c5ccccc45)cc3)c3ccccc23)cc1. The van der Waals surface area contributed by atoms with Crippen molar-refractivity contribution in [3.63, 3.8) is 0 Å². The quantitative estimate of drug-likeness (QED) is 0.0995. The molecule has 0 heterocycles. The van der Waals surface area contributed by atoms with Crippen molar-refractivity contribution < 1.29 is 0 Å². The fourth-order valence-corrected chi connectivity index (χ4v) is 16.7. The molecule has 0 saturated heterocycles. The smallest absolute Gasteiger partial charge is 0.0468 e. The normalized spacial score (nSPS) is 11.9. The predicted molar refractivity (Wildman–Crippen MR) is 459 cm³/mol. The summed E-state index contributed by atoms with van der Waals surface area (Å²) in [6, 6.07) is 138. The standard InChI is InChI=1S/C58H50N2.C46H30/c1-57(2,3)39-25-29-43(30-26-39)59(41-17-9-7-10-18-41)45-33-35-51-53(37-45)47-21-13-15-23-49(47)56-52-36-34-46(38-54(52)48-22-14-16-24-50(48)55(51)56)60(42-19-11-8-12-20-42)44-31-27-40(28-32-44)58(4,5)6;1-3-15-31(16-4-1)43-35-19-7-11-23-39(35)45(40-24-12-8-20-36(40)43)33-27-29-34(30-28-33)46-41-25-13-9-21-37(41)44(32-17-5-2-6-18-32)38-22-10-14-26-42(38)46/h7-38H,1-6H3;1-30H. The summed E-state index contributed by atoms with van der Waals surface area (Å²) in [4.78, 5) is 4.78. The van der Waals surface area contributed by atoms with Gasteiger partial charge in [-0.05, 0) is 236 Å². The largest absolute Gasteiger partial charge is 0.310 e. The van der Waals surface area contributed by atoms with E-state index in [2.05, 4.69) is 427 Å². The summed E-state index contributed by atoms with van der Waals surface area (Å²) in [6.45, 7) is 13.6. The maximum Gasteiger partial charge on any atom is 0.0468 e. The molecule has 0 fully saturated rings. The molecule has 506 valence electrons. The molecule has 19 aromatic rings. The van der Waals surface area contributed by atoms with Gasteiger partial charge in [-0.1, -0.05) is 345 Å². The highest BCUT2D eigenvalue weighted by molar-refractivity contribution is 6.40. The lowest BCUT2D eigenvalue weighted by molar-refractivity contribution is 0.590. The minimum Gasteiger partial charge on any atom is -0.310 e. The molecule has 19 rings (SSSR count). The summed E-state index contributed by atoms with van der Waals surface area (Å²) < 4.78 is 0. The lowest BCUT2D eigenvalue weighted by Crippen LogP contribution is -2.13. The molecule has 19 aromatic carbocycles. The zero-order chi connectivity index (χ0) is 71.6. The highest BCUT2D eigenvalue weighted by Crippen LogP contribution is 2.51. The Morgan fingerprint density at radius 1 is 0.160 bits per heavy atom. The Hall–Kier alpha value is -12.9. The number of hydrogen-bond acceptors (Lipinski definition) is 2. The molecule has 0 unspecified atom stereocenters. The van der Waals surface area contributed by atoms with Gasteiger partial charge in [-0.3, -0.25) is 0 Å². The van der Waals surface area contributed by atoms with Crippen LogP contribution in [0.15, 0.2) is 376 Å². The number of rotatable bonds is 10. The number of hydrogen-bond donors (Lipinski definition) is 0. The molecule has 0 N–H and O–H groups in total. The van der Waals surface area contributed by atoms with Crippen LogP contribution in [0.2, 0.25) is 0 Å². The summed E-state index contributed by atoms with van der Waals surface area (Å²) in [7, 11) is 0. The van der Waals surface area contributed by atoms with Gasteiger partial charge in [0.25, 0.3) is 0 Å². The van der Waals surface area contributed by atoms with Gasteiger partial charge in [0.05, 0.1) is 0 Å². The summed E-state index contributed by atoms with van der Waals surface area (Å²) >= 11 is 0. The molecule has 0 spiro atoms. The molecule has 0 saturated carbocycles. The fraction of sp³-hybridized carbons (Fsp3) is 0.0769. The van der Waals surface area contributed by atoms with Crippen molar-refractivity contribution in [2.45, 2.75) is 52.4 Å². The van der Waals surface area contributed by atoms with E-state index in [-0.39, 0.29) is 10.8 Å². The van der Waals surface area contributed by atoms with E-state index in [0.717, 1.165) is 34.1 Å². The number of para-hydroxylation sites is 2. The van der Waals surface area contributed by atoms with Crippen LogP contribution in [0, 0.1) is 0 Å². The summed E-state index contributed by atoms with van der Waals surface area (Å²) in [5, 5.41) is 22.8. The molecule has 0 bridgehead atoms. The Labute approximate surface area is 621 Å². The first kappa shape index (κ1) is 65.2. The second-order valence-electron chi connectivity index (χ2n) is 30.2. The third-order valence-corrected chi connectivity index (χ3v) is 21.7. The van der Waals surface area contributed by atoms with Gasteiger partial charge in [0, 0.05) is 34.1 Å². The summed E-state index contributed by atoms with van der Waals surface area (Å²) in [5.41, 5.74) is 19.7. The van der Waals surface area contributed by atoms with Crippen LogP contribution in [0.1, 0.15) is 52.7 Å². The summed E-state index contributed by atoms with van der Waals surface area (Å²) in [5.74, 6) is 0. The molecule has 0 radical (unpaired) electrons. The minimum absolute atomic E-state index is 0.0766. The van der Waals surface area contributed by atoms with Gasteiger partial charge in [-0.25, -0.2) is 0 Å². The van der Waals surface area contributed by atoms with E-state index < -0.39 is 0 Å². The average Bonchev–Trinajstić information content (AvgIpc) is 0.708. The van der Waals surface area contributed by atoms with E-state index in [4.69, 9.17) is 0 Å². The predicted octanol–water partition coefficient (Wildman–Crippen LogP) is 30.0. The van der Waals surface area contributed by atoms with E-state index in [1.807, 2.05) is 0 Å². The highest BCUT2D eigenvalue weighted by atomic mass is 15.1. The first-order chi connectivity index (χ1) is 51.9. The monoisotopic (exact) mass is 1360 g/mol. The van der Waals surface area contributed by atoms with Gasteiger partial charge < -0.3 is 9.80 Å². The lowest BCUT2D eigenvalue weighted by atomic mass is 9.84. The zero-order valence-electron chi connectivity index (χ0n) is 60.7. The maximum absolute atomic E-state index is 2.41. The first-order valence-electron chi connectivity index (χ1n) is 37.1. The molecule has 2 nitrogen and oxygen atoms in total. The van der Waals surface area contributed by atoms with E-state index in [1.54, 1.807) is 0 Å². The van der Waals surface area contributed by atoms with Crippen LogP contribution >= 0.6 is 0 Å². The molecular weight excluding hydrogens is 1280 g/mol. The Morgan fingerprint density at radius 2 is 0.368 bits per heavy atom. The number of benzene rings is 19. The van der Waals surface area contributed by atoms with E-state index in [9.17, 15) is 0 Å². The van der Waals surface area contributed by atoms with Crippen molar-refractivity contribution in [3.8, 4) is 44.5 Å². The Balaban J connectivity index is 0.000000155. The van der Waals surface area contributed by atoms with Crippen molar-refractivity contribution in [3.05, 3.63) is 387 Å². The second kappa shape index (κ2) is 26.7. The van der Waals surface area contributed by atoms with Crippen molar-refractivity contribution in [1.82, 2.24) is 0 Å². The topological polar surface area (TPSA) is 6.48 Å². The highest BCUT2D eigenvalue weighted by Gasteiger charge is 2.25. The minimum atomic E-state index is 0.0766. The number of anilines is 6. The molecule has 0 aliphatic heterocycles. The van der Waals surface area contributed by atoms with E-state index in [1.165, 1.54) is 153 Å². The molecule has 0 amide bonds. The fourth-order valence-electron chi connectivity index (χ4n) is 16.7. The van der Waals surface area contributed by atoms with Crippen molar-refractivity contribution in [2.24, 2.45) is 0 Å². The van der Waals surface area contributed by atoms with Crippen molar-refractivity contribution >= 4 is 131 Å². The summed E-state index contributed by atoms with van der Waals surface area (Å²) in [6.07, 6.45) is 0. The first-order valence-corrected chi connectivity index (χ1v) is 37.1. The average molecular weight is 1360 g/mol. The van der Waals surface area contributed by atoms with Gasteiger partial charge >= 0.3 is 0 Å². The van der Waals surface area contributed by atoms with Crippen LogP contribution in [0.4, 0.5) is 34.1 Å². The maximum atomic E-state index is 2.41. The molecule has 0 atom stereocenters. The second-order valence-corrected chi connectivity index (χ2v) is 30.2. The lowest BCUT2D eigenvalue weighted by Gasteiger charge is -2.28. The van der Waals surface area contributed by atoms with Gasteiger partial charge in [0.15, 0.2) is 0 Å². The Morgan fingerprint density at radius 3 is 0.642 bits per heavy atom. The van der Waals surface area contributed by atoms with Gasteiger partial charge in [0.1, 0.15) is 0 Å². The van der Waals surface area contributed by atoms with Crippen LogP contribution in [0.5, 0.6) is 0 Å². The third kappa shape index (κ3) is 11.6. The number of fused-ring (bicyclic) bond motifs is 15. The van der Waals surface area contributed by atoms with Crippen LogP contribution in [-0.4, -0.2) is 0 Å². The molecule has 2 heteroatoms. The van der Waals surface area contributed by atoms with Crippen LogP contribution in [0.25, 0.3) is 141 Å². The van der Waals surface area contributed by atoms with E-state index in [0.29, 0.717) is 0 Å². The van der Waals surface area contributed by atoms with Gasteiger partial charge in [-0.15, -0.1) is 0 Å². The Kier molecular flexibility index (Phi) is 16.4. The Bertz CT molecular complexity index is 6010. The molecule has 0 aromatic heterocycles. The third-order valence-electron chi connectivity index (χ3n) is 21.7.